The fraction of sp³-hybridized carbons (Fsp3) is 0.400. The van der Waals surface area contributed by atoms with Gasteiger partial charge in [0.15, 0.2) is 47.5 Å². The first-order chi connectivity index (χ1) is 21.3. The molecule has 1 saturated heterocycles. The van der Waals surface area contributed by atoms with Gasteiger partial charge in [0.1, 0.15) is 30.4 Å². The number of hydrogen-bond donors (Lipinski definition) is 5. The topological polar surface area (TPSA) is 289 Å². The SMILES string of the molecule is Nc1nc2c(ncn2[C@@H]2OC3=C(F)C2OP(=O)(O)OC[C@H]2O[C@@H](n4cnc5c(N)ncnc54)C(F)C2OP(=O)(O)CO3)c(=O)[nH]1. The van der Waals surface area contributed by atoms with Crippen LogP contribution in [0.3, 0.4) is 0 Å². The lowest BCUT2D eigenvalue weighted by molar-refractivity contribution is -0.0641. The van der Waals surface area contributed by atoms with Gasteiger partial charge in [0.2, 0.25) is 18.0 Å². The van der Waals surface area contributed by atoms with E-state index >= 15 is 8.78 Å². The fourth-order valence-corrected chi connectivity index (χ4v) is 6.79. The summed E-state index contributed by atoms with van der Waals surface area (Å²) in [5.41, 5.74) is 10.3. The van der Waals surface area contributed by atoms with Crippen molar-refractivity contribution in [2.45, 2.75) is 36.9 Å². The monoisotopic (exact) mass is 676 g/mol. The van der Waals surface area contributed by atoms with E-state index in [-0.39, 0.29) is 34.1 Å². The first-order valence-electron chi connectivity index (χ1n) is 12.6. The molecule has 1 fully saturated rings. The molecule has 0 saturated carbocycles. The van der Waals surface area contributed by atoms with E-state index in [9.17, 15) is 23.7 Å². The Kier molecular flexibility index (Phi) is 6.91. The number of imidazole rings is 2. The number of nitrogens with one attached hydrogen (secondary N) is 1. The van der Waals surface area contributed by atoms with Crippen molar-refractivity contribution >= 4 is 49.5 Å². The first kappa shape index (κ1) is 29.6. The van der Waals surface area contributed by atoms with Crippen LogP contribution in [0.1, 0.15) is 12.5 Å². The van der Waals surface area contributed by atoms with Crippen molar-refractivity contribution in [2.24, 2.45) is 0 Å². The van der Waals surface area contributed by atoms with Gasteiger partial charge in [-0.15, -0.1) is 0 Å². The van der Waals surface area contributed by atoms with Gasteiger partial charge in [0, 0.05) is 0 Å². The molecule has 0 spiro atoms. The Hall–Kier alpha value is -4.08. The zero-order valence-corrected chi connectivity index (χ0v) is 23.9. The van der Waals surface area contributed by atoms with Gasteiger partial charge < -0.3 is 35.5 Å². The van der Waals surface area contributed by atoms with Crippen LogP contribution in [-0.2, 0) is 36.9 Å². The Morgan fingerprint density at radius 2 is 1.76 bits per heavy atom. The molecule has 0 amide bonds. The quantitative estimate of drug-likeness (QED) is 0.176. The molecule has 7 N–H and O–H groups in total. The van der Waals surface area contributed by atoms with Crippen LogP contribution in [-0.4, -0.2) is 86.3 Å². The molecule has 45 heavy (non-hydrogen) atoms. The molecular weight excluding hydrogens is 656 g/mol. The Bertz CT molecular complexity index is 2020. The minimum absolute atomic E-state index is 0.0175. The number of alkyl halides is 1. The molecule has 240 valence electrons. The molecule has 3 aliphatic rings. The van der Waals surface area contributed by atoms with Gasteiger partial charge in [0.25, 0.3) is 5.56 Å². The molecule has 4 aromatic heterocycles. The Morgan fingerprint density at radius 3 is 2.53 bits per heavy atom. The number of phosphoric ester groups is 1. The second-order valence-corrected chi connectivity index (χ2v) is 12.9. The minimum atomic E-state index is -5.28. The van der Waals surface area contributed by atoms with Crippen LogP contribution in [0.5, 0.6) is 0 Å². The summed E-state index contributed by atoms with van der Waals surface area (Å²) in [6, 6.07) is 0. The second-order valence-electron chi connectivity index (χ2n) is 9.78. The number of aromatic nitrogens is 8. The molecule has 3 aliphatic heterocycles. The van der Waals surface area contributed by atoms with Gasteiger partial charge in [-0.1, -0.05) is 0 Å². The molecule has 5 unspecified atom stereocenters. The van der Waals surface area contributed by atoms with Gasteiger partial charge in [-0.25, -0.2) is 33.3 Å². The molecule has 0 aliphatic carbocycles. The highest BCUT2D eigenvalue weighted by molar-refractivity contribution is 7.52. The molecule has 4 aromatic rings. The Morgan fingerprint density at radius 1 is 1.02 bits per heavy atom. The summed E-state index contributed by atoms with van der Waals surface area (Å²) in [5.74, 6) is -2.87. The summed E-state index contributed by atoms with van der Waals surface area (Å²) in [6.07, 6.45) is -9.29. The van der Waals surface area contributed by atoms with E-state index in [1.807, 2.05) is 0 Å². The van der Waals surface area contributed by atoms with E-state index in [0.29, 0.717) is 0 Å². The summed E-state index contributed by atoms with van der Waals surface area (Å²) in [4.78, 5) is 55.2. The van der Waals surface area contributed by atoms with Crippen LogP contribution in [0.15, 0.2) is 35.5 Å². The third-order valence-corrected chi connectivity index (χ3v) is 8.88. The number of fused-ring (bicyclic) bond motifs is 4. The van der Waals surface area contributed by atoms with Gasteiger partial charge in [-0.05, 0) is 0 Å². The zero-order valence-electron chi connectivity index (χ0n) is 22.1. The number of nitrogen functional groups attached to an aromatic ring is 2. The van der Waals surface area contributed by atoms with Crippen molar-refractivity contribution < 1.29 is 55.5 Å². The summed E-state index contributed by atoms with van der Waals surface area (Å²) >= 11 is 0. The fourth-order valence-electron chi connectivity index (χ4n) is 4.94. The van der Waals surface area contributed by atoms with Gasteiger partial charge in [0.05, 0.1) is 12.9 Å². The van der Waals surface area contributed by atoms with Crippen LogP contribution in [0.4, 0.5) is 20.5 Å². The van der Waals surface area contributed by atoms with E-state index in [4.69, 9.17) is 39.2 Å². The maximum atomic E-state index is 15.9. The highest BCUT2D eigenvalue weighted by Gasteiger charge is 2.53. The average Bonchev–Trinajstić information content (AvgIpc) is 3.72. The van der Waals surface area contributed by atoms with E-state index < -0.39 is 82.6 Å². The average molecular weight is 676 g/mol. The number of ether oxygens (including phenoxy) is 3. The Labute approximate surface area is 246 Å². The number of halogens is 2. The van der Waals surface area contributed by atoms with E-state index in [2.05, 4.69) is 29.9 Å². The molecule has 8 atom stereocenters. The maximum Gasteiger partial charge on any atom is 0.473 e. The molecule has 21 nitrogen and oxygen atoms in total. The van der Waals surface area contributed by atoms with Crippen LogP contribution in [0.2, 0.25) is 0 Å². The lowest BCUT2D eigenvalue weighted by Gasteiger charge is -2.25. The predicted octanol–water partition coefficient (Wildman–Crippen LogP) is 0.0873. The number of nitrogens with zero attached hydrogens (tertiary/aromatic N) is 7. The van der Waals surface area contributed by atoms with Crippen molar-refractivity contribution in [3.63, 3.8) is 0 Å². The van der Waals surface area contributed by atoms with E-state index in [1.165, 1.54) is 0 Å². The number of nitrogens with two attached hydrogens (primary N) is 2. The number of hydrogen-bond acceptors (Lipinski definition) is 16. The van der Waals surface area contributed by atoms with E-state index in [1.54, 1.807) is 0 Å². The molecule has 2 bridgehead atoms. The van der Waals surface area contributed by atoms with Gasteiger partial charge >= 0.3 is 21.4 Å². The zero-order chi connectivity index (χ0) is 31.8. The largest absolute Gasteiger partial charge is 0.473 e. The highest BCUT2D eigenvalue weighted by atomic mass is 31.2. The lowest BCUT2D eigenvalue weighted by atomic mass is 10.1. The third-order valence-electron chi connectivity index (χ3n) is 6.88. The molecule has 7 heterocycles. The van der Waals surface area contributed by atoms with Crippen LogP contribution in [0.25, 0.3) is 22.3 Å². The van der Waals surface area contributed by atoms with Crippen molar-refractivity contribution in [1.82, 2.24) is 39.0 Å². The number of H-pyrrole nitrogens is 1. The third kappa shape index (κ3) is 5.12. The predicted molar refractivity (Wildman–Crippen MR) is 141 cm³/mol. The van der Waals surface area contributed by atoms with Crippen molar-refractivity contribution in [2.75, 3.05) is 24.4 Å². The first-order valence-corrected chi connectivity index (χ1v) is 15.9. The smallest absolute Gasteiger partial charge is 0.450 e. The minimum Gasteiger partial charge on any atom is -0.450 e. The summed E-state index contributed by atoms with van der Waals surface area (Å²) in [5, 5.41) is 0. The standard InChI is InChI=1S/C20H20F2N10O11P2/c21-7-11-6(40-17(7)31-3-27-9-13(23)25-2-26-14(9)31)1-39-45(36,37)43-12-8(22)19(38-5-44(34,35)42-11)41-18(12)32-4-28-10-15(32)29-20(24)30-16(10)33/h2-4,6-7,11-12,17-18H,1,5H2,(H,34,35)(H,36,37)(H2,23,25,26)(H3,24,29,30,33)/t6-,7?,11?,12?,17-,18-/m1/s1. The number of aromatic amines is 1. The summed E-state index contributed by atoms with van der Waals surface area (Å²) in [7, 11) is -10.2. The molecule has 7 rings (SSSR count). The highest BCUT2D eigenvalue weighted by Crippen LogP contribution is 2.54. The van der Waals surface area contributed by atoms with Crippen molar-refractivity contribution in [1.29, 1.82) is 0 Å². The Balaban J connectivity index is 1.21. The van der Waals surface area contributed by atoms with Crippen molar-refractivity contribution in [3.05, 3.63) is 41.1 Å². The second kappa shape index (κ2) is 10.5. The molecule has 0 radical (unpaired) electrons. The maximum absolute atomic E-state index is 15.9. The summed E-state index contributed by atoms with van der Waals surface area (Å²) < 4.78 is 91.0. The van der Waals surface area contributed by atoms with Crippen LogP contribution < -0.4 is 17.0 Å². The number of phosphoric acid groups is 1. The van der Waals surface area contributed by atoms with Crippen molar-refractivity contribution in [3.8, 4) is 0 Å². The van der Waals surface area contributed by atoms with Gasteiger partial charge in [-0.3, -0.25) is 37.0 Å². The number of anilines is 2. The summed E-state index contributed by atoms with van der Waals surface area (Å²) in [6.45, 7) is -0.960. The molecule has 0 aromatic carbocycles. The van der Waals surface area contributed by atoms with E-state index in [0.717, 1.165) is 28.1 Å². The molecule has 25 heteroatoms. The lowest BCUT2D eigenvalue weighted by Crippen LogP contribution is -2.34. The van der Waals surface area contributed by atoms with Gasteiger partial charge in [-0.2, -0.15) is 4.98 Å². The van der Waals surface area contributed by atoms with Crippen LogP contribution in [0, 0.1) is 0 Å². The normalized spacial score (nSPS) is 34.1. The van der Waals surface area contributed by atoms with Crippen LogP contribution >= 0.6 is 15.4 Å². The molecular formula is C20H20F2N10O11P2. The number of rotatable bonds is 2.